The molecule has 0 spiro atoms. The van der Waals surface area contributed by atoms with E-state index in [-0.39, 0.29) is 29.1 Å². The number of benzene rings is 2. The molecule has 0 atom stereocenters. The summed E-state index contributed by atoms with van der Waals surface area (Å²) in [6, 6.07) is 12.9. The maximum Gasteiger partial charge on any atom is 0.266 e. The van der Waals surface area contributed by atoms with Gasteiger partial charge in [-0.2, -0.15) is 0 Å². The van der Waals surface area contributed by atoms with Crippen molar-refractivity contribution in [2.24, 2.45) is 11.7 Å². The van der Waals surface area contributed by atoms with Crippen molar-refractivity contribution in [1.29, 1.82) is 0 Å². The highest BCUT2D eigenvalue weighted by atomic mass is 32.2. The van der Waals surface area contributed by atoms with Crippen LogP contribution in [0.2, 0.25) is 0 Å². The van der Waals surface area contributed by atoms with E-state index in [4.69, 9.17) is 5.73 Å². The molecule has 178 valence electrons. The summed E-state index contributed by atoms with van der Waals surface area (Å²) in [5.41, 5.74) is 6.33. The van der Waals surface area contributed by atoms with Crippen LogP contribution in [0.4, 0.5) is 4.39 Å². The smallest absolute Gasteiger partial charge is 0.266 e. The molecule has 3 aromatic rings. The number of unbranched alkanes of at least 4 members (excludes halogenated alkanes) is 1. The number of nitrogens with two attached hydrogens (primary N) is 1. The fourth-order valence-electron chi connectivity index (χ4n) is 4.14. The van der Waals surface area contributed by atoms with Gasteiger partial charge in [-0.05, 0) is 62.1 Å². The zero-order chi connectivity index (χ0) is 24.1. The standard InChI is InChI=1S/C25H27FN4O3S/c26-18-8-10-19(11-9-18)30-24(33)20-5-1-2-6-21(20)28-25(30)34-16-4-3-7-22(31)29-14-12-17(13-15-29)23(27)32/h1-2,5-6,8-11,17H,3-4,7,12-16H2,(H2,27,32). The summed E-state index contributed by atoms with van der Waals surface area (Å²) in [5, 5.41) is 1.04. The number of hydrogen-bond acceptors (Lipinski definition) is 5. The lowest BCUT2D eigenvalue weighted by atomic mass is 9.96. The minimum atomic E-state index is -0.372. The Bertz CT molecular complexity index is 1240. The first-order valence-corrected chi connectivity index (χ1v) is 12.4. The fourth-order valence-corrected chi connectivity index (χ4v) is 5.15. The summed E-state index contributed by atoms with van der Waals surface area (Å²) in [5.74, 6) is -0.00869. The van der Waals surface area contributed by atoms with Crippen LogP contribution in [-0.4, -0.2) is 45.1 Å². The first kappa shape index (κ1) is 23.9. The number of hydrogen-bond donors (Lipinski definition) is 1. The Labute approximate surface area is 201 Å². The highest BCUT2D eigenvalue weighted by Gasteiger charge is 2.25. The van der Waals surface area contributed by atoms with Crippen LogP contribution in [0.25, 0.3) is 16.6 Å². The molecule has 1 saturated heterocycles. The summed E-state index contributed by atoms with van der Waals surface area (Å²) in [7, 11) is 0. The minimum absolute atomic E-state index is 0.0972. The highest BCUT2D eigenvalue weighted by molar-refractivity contribution is 7.99. The largest absolute Gasteiger partial charge is 0.369 e. The van der Waals surface area contributed by atoms with E-state index in [1.165, 1.54) is 28.5 Å². The highest BCUT2D eigenvalue weighted by Crippen LogP contribution is 2.23. The average Bonchev–Trinajstić information content (AvgIpc) is 2.85. The number of rotatable bonds is 8. The number of primary amides is 1. The van der Waals surface area contributed by atoms with Gasteiger partial charge in [0.15, 0.2) is 5.16 Å². The van der Waals surface area contributed by atoms with Crippen molar-refractivity contribution in [2.45, 2.75) is 37.3 Å². The quantitative estimate of drug-likeness (QED) is 0.301. The van der Waals surface area contributed by atoms with Gasteiger partial charge in [0.1, 0.15) is 5.82 Å². The Kier molecular flexibility index (Phi) is 7.62. The molecular formula is C25H27FN4O3S. The molecule has 0 saturated carbocycles. The summed E-state index contributed by atoms with van der Waals surface area (Å²) in [4.78, 5) is 43.4. The number of nitrogens with zero attached hydrogens (tertiary/aromatic N) is 3. The van der Waals surface area contributed by atoms with Gasteiger partial charge in [0.2, 0.25) is 11.8 Å². The van der Waals surface area contributed by atoms with E-state index in [2.05, 4.69) is 4.98 Å². The Morgan fingerprint density at radius 3 is 2.47 bits per heavy atom. The number of likely N-dealkylation sites (tertiary alicyclic amines) is 1. The van der Waals surface area contributed by atoms with E-state index in [0.717, 1.165) is 12.8 Å². The molecule has 1 fully saturated rings. The van der Waals surface area contributed by atoms with Crippen LogP contribution >= 0.6 is 11.8 Å². The lowest BCUT2D eigenvalue weighted by Crippen LogP contribution is -2.41. The molecule has 1 aromatic heterocycles. The van der Waals surface area contributed by atoms with Crippen LogP contribution < -0.4 is 11.3 Å². The molecule has 2 N–H and O–H groups in total. The Morgan fingerprint density at radius 1 is 1.06 bits per heavy atom. The minimum Gasteiger partial charge on any atom is -0.369 e. The predicted molar refractivity (Wildman–Crippen MR) is 130 cm³/mol. The molecule has 4 rings (SSSR count). The number of para-hydroxylation sites is 1. The zero-order valence-corrected chi connectivity index (χ0v) is 19.6. The first-order chi connectivity index (χ1) is 16.4. The normalized spacial score (nSPS) is 14.4. The van der Waals surface area contributed by atoms with E-state index < -0.39 is 0 Å². The number of thioether (sulfide) groups is 1. The van der Waals surface area contributed by atoms with Crippen LogP contribution in [0.15, 0.2) is 58.5 Å². The number of piperidine rings is 1. The third-order valence-corrected chi connectivity index (χ3v) is 7.12. The van der Waals surface area contributed by atoms with Gasteiger partial charge in [-0.1, -0.05) is 23.9 Å². The molecule has 0 bridgehead atoms. The average molecular weight is 483 g/mol. The van der Waals surface area contributed by atoms with Crippen molar-refractivity contribution in [2.75, 3.05) is 18.8 Å². The van der Waals surface area contributed by atoms with Crippen LogP contribution in [0.1, 0.15) is 32.1 Å². The van der Waals surface area contributed by atoms with Gasteiger partial charge in [-0.25, -0.2) is 9.37 Å². The molecule has 2 aromatic carbocycles. The van der Waals surface area contributed by atoms with Gasteiger partial charge in [-0.3, -0.25) is 19.0 Å². The van der Waals surface area contributed by atoms with Crippen molar-refractivity contribution in [3.63, 3.8) is 0 Å². The molecule has 1 aliphatic heterocycles. The van der Waals surface area contributed by atoms with E-state index >= 15 is 0 Å². The van der Waals surface area contributed by atoms with E-state index in [9.17, 15) is 18.8 Å². The number of carbonyl (C=O) groups excluding carboxylic acids is 2. The number of fused-ring (bicyclic) bond motifs is 1. The number of amides is 2. The summed E-state index contributed by atoms with van der Waals surface area (Å²) >= 11 is 1.45. The van der Waals surface area contributed by atoms with Crippen molar-refractivity contribution in [3.05, 3.63) is 64.7 Å². The summed E-state index contributed by atoms with van der Waals surface area (Å²) < 4.78 is 15.0. The maximum atomic E-state index is 13.4. The fraction of sp³-hybridized carbons (Fsp3) is 0.360. The molecule has 2 amide bonds. The second-order valence-corrected chi connectivity index (χ2v) is 9.45. The molecule has 0 unspecified atom stereocenters. The number of halogens is 1. The molecule has 9 heteroatoms. The zero-order valence-electron chi connectivity index (χ0n) is 18.8. The van der Waals surface area contributed by atoms with Gasteiger partial charge in [0.05, 0.1) is 16.6 Å². The Balaban J connectivity index is 1.38. The number of aromatic nitrogens is 2. The van der Waals surface area contributed by atoms with Crippen molar-refractivity contribution < 1.29 is 14.0 Å². The molecule has 7 nitrogen and oxygen atoms in total. The Morgan fingerprint density at radius 2 is 1.76 bits per heavy atom. The lowest BCUT2D eigenvalue weighted by molar-refractivity contribution is -0.134. The first-order valence-electron chi connectivity index (χ1n) is 11.4. The number of carbonyl (C=O) groups is 2. The van der Waals surface area contributed by atoms with E-state index in [0.29, 0.717) is 59.9 Å². The van der Waals surface area contributed by atoms with E-state index in [1.807, 2.05) is 11.0 Å². The maximum absolute atomic E-state index is 13.4. The molecule has 34 heavy (non-hydrogen) atoms. The van der Waals surface area contributed by atoms with Gasteiger partial charge >= 0.3 is 0 Å². The van der Waals surface area contributed by atoms with Crippen molar-refractivity contribution >= 4 is 34.5 Å². The predicted octanol–water partition coefficient (Wildman–Crippen LogP) is 3.51. The van der Waals surface area contributed by atoms with Gasteiger partial charge in [-0.15, -0.1) is 0 Å². The van der Waals surface area contributed by atoms with Crippen LogP contribution in [0.5, 0.6) is 0 Å². The van der Waals surface area contributed by atoms with E-state index in [1.54, 1.807) is 30.3 Å². The lowest BCUT2D eigenvalue weighted by Gasteiger charge is -2.30. The summed E-state index contributed by atoms with van der Waals surface area (Å²) in [6.07, 6.45) is 3.20. The third-order valence-electron chi connectivity index (χ3n) is 6.10. The second kappa shape index (κ2) is 10.8. The molecule has 0 aliphatic carbocycles. The molecular weight excluding hydrogens is 455 g/mol. The monoisotopic (exact) mass is 482 g/mol. The molecule has 1 aliphatic rings. The van der Waals surface area contributed by atoms with Gasteiger partial charge in [0, 0.05) is 31.2 Å². The van der Waals surface area contributed by atoms with Crippen molar-refractivity contribution in [3.8, 4) is 5.69 Å². The SMILES string of the molecule is NC(=O)C1CCN(C(=O)CCCCSc2nc3ccccc3c(=O)n2-c2ccc(F)cc2)CC1. The van der Waals surface area contributed by atoms with Crippen LogP contribution in [0, 0.1) is 11.7 Å². The van der Waals surface area contributed by atoms with Gasteiger partial charge in [0.25, 0.3) is 5.56 Å². The molecule has 2 heterocycles. The van der Waals surface area contributed by atoms with Crippen LogP contribution in [0.3, 0.4) is 0 Å². The third kappa shape index (κ3) is 5.47. The molecule has 0 radical (unpaired) electrons. The summed E-state index contributed by atoms with van der Waals surface area (Å²) in [6.45, 7) is 1.15. The van der Waals surface area contributed by atoms with Crippen LogP contribution in [-0.2, 0) is 9.59 Å². The van der Waals surface area contributed by atoms with Crippen molar-refractivity contribution in [1.82, 2.24) is 14.5 Å². The Hall–Kier alpha value is -3.20. The van der Waals surface area contributed by atoms with Gasteiger partial charge < -0.3 is 10.6 Å². The second-order valence-electron chi connectivity index (χ2n) is 8.39. The topological polar surface area (TPSA) is 98.3 Å².